The van der Waals surface area contributed by atoms with Crippen molar-refractivity contribution < 1.29 is 38.6 Å². The van der Waals surface area contributed by atoms with Crippen molar-refractivity contribution in [3.05, 3.63) is 120 Å². The van der Waals surface area contributed by atoms with E-state index in [1.807, 2.05) is 12.1 Å². The van der Waals surface area contributed by atoms with Gasteiger partial charge >= 0.3 is 17.9 Å². The normalized spacial score (nSPS) is 12.0. The van der Waals surface area contributed by atoms with E-state index >= 15 is 0 Å². The summed E-state index contributed by atoms with van der Waals surface area (Å²) in [5.74, 6) is -5.79. The Morgan fingerprint density at radius 2 is 1.10 bits per heavy atom. The first kappa shape index (κ1) is 26.6. The highest BCUT2D eigenvalue weighted by Gasteiger charge is 2.41. The SMILES string of the molecule is O=C(O[C@H](C(=O)NNC(=O)c1cccc2ccccc12)[C@@H](OC(=O)c1ccccc1)C(=O)O)c1ccccc1. The van der Waals surface area contributed by atoms with Gasteiger partial charge in [-0.25, -0.2) is 14.4 Å². The number of nitrogens with one attached hydrogen (secondary N) is 2. The zero-order chi connectivity index (χ0) is 27.8. The monoisotopic (exact) mass is 526 g/mol. The van der Waals surface area contributed by atoms with E-state index in [1.165, 1.54) is 36.4 Å². The molecule has 0 unspecified atom stereocenters. The average molecular weight is 527 g/mol. The van der Waals surface area contributed by atoms with Crippen molar-refractivity contribution in [2.75, 3.05) is 0 Å². The van der Waals surface area contributed by atoms with Gasteiger partial charge in [0, 0.05) is 5.56 Å². The van der Waals surface area contributed by atoms with Crippen LogP contribution in [0.2, 0.25) is 0 Å². The van der Waals surface area contributed by atoms with Crippen LogP contribution in [-0.2, 0) is 19.1 Å². The Kier molecular flexibility index (Phi) is 8.27. The molecule has 4 rings (SSSR count). The number of rotatable bonds is 8. The Labute approximate surface area is 222 Å². The molecule has 0 radical (unpaired) electrons. The molecule has 39 heavy (non-hydrogen) atoms. The van der Waals surface area contributed by atoms with Gasteiger partial charge in [0.25, 0.3) is 11.8 Å². The molecular weight excluding hydrogens is 504 g/mol. The van der Waals surface area contributed by atoms with Crippen molar-refractivity contribution >= 4 is 40.5 Å². The second-order valence-corrected chi connectivity index (χ2v) is 8.19. The van der Waals surface area contributed by atoms with E-state index < -0.39 is 41.9 Å². The van der Waals surface area contributed by atoms with Crippen molar-refractivity contribution in [3.8, 4) is 0 Å². The minimum Gasteiger partial charge on any atom is -0.478 e. The van der Waals surface area contributed by atoms with Crippen molar-refractivity contribution in [1.82, 2.24) is 10.9 Å². The predicted molar refractivity (Wildman–Crippen MR) is 138 cm³/mol. The standard InChI is InChI=1S/C29H22N2O8/c32-25(22-17-9-15-18-10-7-8-16-21(18)22)30-31-26(33)23(38-28(36)19-11-3-1-4-12-19)24(27(34)35)39-29(37)20-13-5-2-6-14-20/h1-17,23-24H,(H,30,32)(H,31,33)(H,34,35)/t23-,24+/m0/s1. The first-order valence-electron chi connectivity index (χ1n) is 11.7. The number of ether oxygens (including phenoxy) is 2. The number of hydrazine groups is 1. The third kappa shape index (κ3) is 6.44. The van der Waals surface area contributed by atoms with Crippen LogP contribution in [0.15, 0.2) is 103 Å². The van der Waals surface area contributed by atoms with Crippen LogP contribution in [0.3, 0.4) is 0 Å². The van der Waals surface area contributed by atoms with Gasteiger partial charge < -0.3 is 14.6 Å². The van der Waals surface area contributed by atoms with Crippen LogP contribution in [0.1, 0.15) is 31.1 Å². The fraction of sp³-hybridized carbons (Fsp3) is 0.0690. The minimum absolute atomic E-state index is 0.0153. The molecule has 3 N–H and O–H groups in total. The number of amides is 2. The lowest BCUT2D eigenvalue weighted by atomic mass is 10.0. The number of benzene rings is 4. The molecule has 0 saturated carbocycles. The lowest BCUT2D eigenvalue weighted by Gasteiger charge is -2.23. The van der Waals surface area contributed by atoms with Gasteiger partial charge in [-0.1, -0.05) is 72.8 Å². The van der Waals surface area contributed by atoms with Gasteiger partial charge in [-0.05, 0) is 41.1 Å². The minimum atomic E-state index is -2.24. The quantitative estimate of drug-likeness (QED) is 0.234. The molecule has 0 aliphatic rings. The summed E-state index contributed by atoms with van der Waals surface area (Å²) < 4.78 is 10.3. The number of hydrogen-bond acceptors (Lipinski definition) is 7. The number of carboxylic acid groups (broad SMARTS) is 1. The van der Waals surface area contributed by atoms with Crippen LogP contribution < -0.4 is 10.9 Å². The first-order chi connectivity index (χ1) is 18.8. The molecule has 0 aliphatic heterocycles. The maximum atomic E-state index is 13.1. The number of carbonyl (C=O) groups excluding carboxylic acids is 4. The maximum Gasteiger partial charge on any atom is 0.349 e. The maximum absolute atomic E-state index is 13.1. The molecular formula is C29H22N2O8. The number of fused-ring (bicyclic) bond motifs is 1. The van der Waals surface area contributed by atoms with E-state index in [0.29, 0.717) is 5.39 Å². The average Bonchev–Trinajstić information content (AvgIpc) is 2.97. The second-order valence-electron chi connectivity index (χ2n) is 8.19. The zero-order valence-corrected chi connectivity index (χ0v) is 20.3. The summed E-state index contributed by atoms with van der Waals surface area (Å²) in [6.45, 7) is 0. The van der Waals surface area contributed by atoms with Crippen molar-refractivity contribution in [1.29, 1.82) is 0 Å². The van der Waals surface area contributed by atoms with Crippen molar-refractivity contribution in [2.24, 2.45) is 0 Å². The number of esters is 2. The fourth-order valence-electron chi connectivity index (χ4n) is 3.69. The van der Waals surface area contributed by atoms with Crippen molar-refractivity contribution in [3.63, 3.8) is 0 Å². The van der Waals surface area contributed by atoms with Crippen LogP contribution in [0.25, 0.3) is 10.8 Å². The van der Waals surface area contributed by atoms with Crippen molar-refractivity contribution in [2.45, 2.75) is 12.2 Å². The number of carbonyl (C=O) groups is 5. The van der Waals surface area contributed by atoms with Crippen LogP contribution in [-0.4, -0.2) is 47.0 Å². The topological polar surface area (TPSA) is 148 Å². The van der Waals surface area contributed by atoms with Gasteiger partial charge in [-0.3, -0.25) is 20.4 Å². The number of hydrogen-bond donors (Lipinski definition) is 3. The van der Waals surface area contributed by atoms with Crippen LogP contribution in [0, 0.1) is 0 Å². The van der Waals surface area contributed by atoms with Crippen LogP contribution in [0.5, 0.6) is 0 Å². The molecule has 0 aromatic heterocycles. The predicted octanol–water partition coefficient (Wildman–Crippen LogP) is 3.14. The Morgan fingerprint density at radius 1 is 0.590 bits per heavy atom. The summed E-state index contributed by atoms with van der Waals surface area (Å²) in [6.07, 6.45) is -4.39. The van der Waals surface area contributed by atoms with Gasteiger partial charge in [0.05, 0.1) is 11.1 Å². The van der Waals surface area contributed by atoms with Gasteiger partial charge in [0.2, 0.25) is 12.2 Å². The largest absolute Gasteiger partial charge is 0.478 e. The third-order valence-corrected chi connectivity index (χ3v) is 5.60. The molecule has 2 amide bonds. The molecule has 10 heteroatoms. The molecule has 4 aromatic carbocycles. The molecule has 0 aliphatic carbocycles. The van der Waals surface area contributed by atoms with Gasteiger partial charge in [0.1, 0.15) is 0 Å². The number of carboxylic acids is 1. The van der Waals surface area contributed by atoms with E-state index in [2.05, 4.69) is 10.9 Å². The second kappa shape index (κ2) is 12.2. The van der Waals surface area contributed by atoms with E-state index in [1.54, 1.807) is 54.6 Å². The Balaban J connectivity index is 1.57. The highest BCUT2D eigenvalue weighted by Crippen LogP contribution is 2.18. The lowest BCUT2D eigenvalue weighted by Crippen LogP contribution is -2.54. The van der Waals surface area contributed by atoms with E-state index in [0.717, 1.165) is 5.39 Å². The zero-order valence-electron chi connectivity index (χ0n) is 20.3. The molecule has 196 valence electrons. The van der Waals surface area contributed by atoms with Gasteiger partial charge in [0.15, 0.2) is 0 Å². The summed E-state index contributed by atoms with van der Waals surface area (Å²) in [4.78, 5) is 63.4. The molecule has 0 fully saturated rings. The molecule has 10 nitrogen and oxygen atoms in total. The summed E-state index contributed by atoms with van der Waals surface area (Å²) in [6, 6.07) is 27.1. The summed E-state index contributed by atoms with van der Waals surface area (Å²) in [5.41, 5.74) is 4.55. The highest BCUT2D eigenvalue weighted by molar-refractivity contribution is 6.07. The molecule has 2 atom stereocenters. The van der Waals surface area contributed by atoms with E-state index in [-0.39, 0.29) is 16.7 Å². The highest BCUT2D eigenvalue weighted by atomic mass is 16.6. The molecule has 0 spiro atoms. The Morgan fingerprint density at radius 3 is 1.69 bits per heavy atom. The lowest BCUT2D eigenvalue weighted by molar-refractivity contribution is -0.159. The fourth-order valence-corrected chi connectivity index (χ4v) is 3.69. The van der Waals surface area contributed by atoms with E-state index in [9.17, 15) is 29.1 Å². The van der Waals surface area contributed by atoms with Gasteiger partial charge in [-0.2, -0.15) is 0 Å². The summed E-state index contributed by atoms with van der Waals surface area (Å²) in [7, 11) is 0. The molecule has 0 bridgehead atoms. The van der Waals surface area contributed by atoms with E-state index in [4.69, 9.17) is 9.47 Å². The molecule has 4 aromatic rings. The Hall–Kier alpha value is -5.51. The van der Waals surface area contributed by atoms with Crippen LogP contribution in [0.4, 0.5) is 0 Å². The smallest absolute Gasteiger partial charge is 0.349 e. The molecule has 0 saturated heterocycles. The summed E-state index contributed by atoms with van der Waals surface area (Å²) in [5, 5.41) is 11.2. The summed E-state index contributed by atoms with van der Waals surface area (Å²) >= 11 is 0. The number of aliphatic carboxylic acids is 1. The van der Waals surface area contributed by atoms with Crippen LogP contribution >= 0.6 is 0 Å². The Bertz CT molecular complexity index is 1520. The van der Waals surface area contributed by atoms with Gasteiger partial charge in [-0.15, -0.1) is 0 Å². The first-order valence-corrected chi connectivity index (χ1v) is 11.7. The molecule has 0 heterocycles. The third-order valence-electron chi connectivity index (χ3n) is 5.60.